The van der Waals surface area contributed by atoms with E-state index >= 15 is 0 Å². The van der Waals surface area contributed by atoms with E-state index in [1.807, 2.05) is 13.0 Å². The van der Waals surface area contributed by atoms with E-state index in [2.05, 4.69) is 10.3 Å². The van der Waals surface area contributed by atoms with Crippen molar-refractivity contribution >= 4 is 0 Å². The van der Waals surface area contributed by atoms with Gasteiger partial charge in [-0.25, -0.2) is 13.8 Å². The molecule has 2 rings (SSSR count). The molecule has 1 aromatic carbocycles. The van der Waals surface area contributed by atoms with Gasteiger partial charge in [0.1, 0.15) is 5.82 Å². The number of nitrogens with one attached hydrogen (secondary N) is 1. The zero-order valence-electron chi connectivity index (χ0n) is 10.5. The lowest BCUT2D eigenvalue weighted by Gasteiger charge is -2.10. The van der Waals surface area contributed by atoms with Crippen LogP contribution in [0.1, 0.15) is 12.5 Å². The fourth-order valence-corrected chi connectivity index (χ4v) is 1.57. The summed E-state index contributed by atoms with van der Waals surface area (Å²) < 4.78 is 31.7. The molecule has 0 fully saturated rings. The predicted molar refractivity (Wildman–Crippen MR) is 68.0 cm³/mol. The number of halogens is 2. The smallest absolute Gasteiger partial charge is 0.223 e. The summed E-state index contributed by atoms with van der Waals surface area (Å²) in [6, 6.07) is 6.79. The molecule has 1 heterocycles. The normalized spacial score (nSPS) is 10.5. The van der Waals surface area contributed by atoms with Crippen LogP contribution in [-0.2, 0) is 6.54 Å². The standard InChI is InChI=1S/C14H14F2N2O/c1-2-17-9-10-4-3-7-18-14(10)19-13-6-5-11(15)8-12(13)16/h3-8,17H,2,9H2,1H3. The molecular formula is C14H14F2N2O. The second-order valence-electron chi connectivity index (χ2n) is 3.92. The van der Waals surface area contributed by atoms with Crippen molar-refractivity contribution in [3.8, 4) is 11.6 Å². The fraction of sp³-hybridized carbons (Fsp3) is 0.214. The van der Waals surface area contributed by atoms with E-state index in [4.69, 9.17) is 4.74 Å². The number of nitrogens with zero attached hydrogens (tertiary/aromatic N) is 1. The molecule has 5 heteroatoms. The molecule has 0 amide bonds. The molecule has 0 unspecified atom stereocenters. The molecule has 100 valence electrons. The van der Waals surface area contributed by atoms with Gasteiger partial charge in [-0.05, 0) is 24.7 Å². The summed E-state index contributed by atoms with van der Waals surface area (Å²) in [6.45, 7) is 3.36. The van der Waals surface area contributed by atoms with Crippen molar-refractivity contribution in [1.29, 1.82) is 0 Å². The Balaban J connectivity index is 2.22. The number of benzene rings is 1. The molecule has 2 aromatic rings. The molecule has 19 heavy (non-hydrogen) atoms. The first kappa shape index (κ1) is 13.4. The molecule has 0 atom stereocenters. The van der Waals surface area contributed by atoms with Gasteiger partial charge in [0.2, 0.25) is 5.88 Å². The van der Waals surface area contributed by atoms with Crippen LogP contribution < -0.4 is 10.1 Å². The van der Waals surface area contributed by atoms with Crippen molar-refractivity contribution in [1.82, 2.24) is 10.3 Å². The molecule has 0 aliphatic heterocycles. The van der Waals surface area contributed by atoms with Crippen molar-refractivity contribution in [2.45, 2.75) is 13.5 Å². The van der Waals surface area contributed by atoms with E-state index < -0.39 is 11.6 Å². The Morgan fingerprint density at radius 1 is 1.26 bits per heavy atom. The van der Waals surface area contributed by atoms with Crippen LogP contribution >= 0.6 is 0 Å². The minimum absolute atomic E-state index is 0.0437. The Kier molecular flexibility index (Phi) is 4.41. The maximum absolute atomic E-state index is 13.5. The average molecular weight is 264 g/mol. The first-order chi connectivity index (χ1) is 9.20. The molecule has 3 nitrogen and oxygen atoms in total. The number of hydrogen-bond acceptors (Lipinski definition) is 3. The number of pyridine rings is 1. The molecule has 0 radical (unpaired) electrons. The molecule has 0 spiro atoms. The molecule has 1 aromatic heterocycles. The summed E-state index contributed by atoms with van der Waals surface area (Å²) in [5.74, 6) is -1.12. The highest BCUT2D eigenvalue weighted by atomic mass is 19.1. The van der Waals surface area contributed by atoms with Gasteiger partial charge in [-0.2, -0.15) is 0 Å². The van der Waals surface area contributed by atoms with Crippen molar-refractivity contribution in [2.24, 2.45) is 0 Å². The van der Waals surface area contributed by atoms with Crippen LogP contribution in [0.25, 0.3) is 0 Å². The van der Waals surface area contributed by atoms with Gasteiger partial charge >= 0.3 is 0 Å². The summed E-state index contributed by atoms with van der Waals surface area (Å²) in [6.07, 6.45) is 1.56. The lowest BCUT2D eigenvalue weighted by atomic mass is 10.2. The molecule has 0 aliphatic carbocycles. The SMILES string of the molecule is CCNCc1cccnc1Oc1ccc(F)cc1F. The van der Waals surface area contributed by atoms with Crippen LogP contribution in [0.15, 0.2) is 36.5 Å². The van der Waals surface area contributed by atoms with Crippen molar-refractivity contribution in [3.63, 3.8) is 0 Å². The zero-order valence-corrected chi connectivity index (χ0v) is 10.5. The van der Waals surface area contributed by atoms with Gasteiger partial charge in [0.25, 0.3) is 0 Å². The van der Waals surface area contributed by atoms with Gasteiger partial charge in [0.05, 0.1) is 0 Å². The third-order valence-electron chi connectivity index (χ3n) is 2.52. The largest absolute Gasteiger partial charge is 0.436 e. The van der Waals surface area contributed by atoms with Crippen LogP contribution in [0.2, 0.25) is 0 Å². The topological polar surface area (TPSA) is 34.2 Å². The van der Waals surface area contributed by atoms with E-state index in [-0.39, 0.29) is 5.75 Å². The van der Waals surface area contributed by atoms with Crippen molar-refractivity contribution in [3.05, 3.63) is 53.7 Å². The number of rotatable bonds is 5. The maximum atomic E-state index is 13.5. The van der Waals surface area contributed by atoms with E-state index in [0.29, 0.717) is 12.4 Å². The summed E-state index contributed by atoms with van der Waals surface area (Å²) in [4.78, 5) is 4.07. The van der Waals surface area contributed by atoms with Gasteiger partial charge in [0.15, 0.2) is 11.6 Å². The summed E-state index contributed by atoms with van der Waals surface area (Å²) in [5, 5.41) is 3.14. The Labute approximate surface area is 110 Å². The third-order valence-corrected chi connectivity index (χ3v) is 2.52. The van der Waals surface area contributed by atoms with E-state index in [9.17, 15) is 8.78 Å². The highest BCUT2D eigenvalue weighted by Gasteiger charge is 2.10. The van der Waals surface area contributed by atoms with Crippen LogP contribution in [0.4, 0.5) is 8.78 Å². The highest BCUT2D eigenvalue weighted by molar-refractivity contribution is 5.33. The van der Waals surface area contributed by atoms with Crippen LogP contribution in [0, 0.1) is 11.6 Å². The average Bonchev–Trinajstić information content (AvgIpc) is 2.41. The van der Waals surface area contributed by atoms with Crippen LogP contribution in [0.3, 0.4) is 0 Å². The maximum Gasteiger partial charge on any atom is 0.223 e. The molecule has 0 aliphatic rings. The second-order valence-corrected chi connectivity index (χ2v) is 3.92. The van der Waals surface area contributed by atoms with Crippen molar-refractivity contribution < 1.29 is 13.5 Å². The Hall–Kier alpha value is -2.01. The third kappa shape index (κ3) is 3.48. The lowest BCUT2D eigenvalue weighted by molar-refractivity contribution is 0.417. The van der Waals surface area contributed by atoms with Gasteiger partial charge in [-0.15, -0.1) is 0 Å². The summed E-state index contributed by atoms with van der Waals surface area (Å²) >= 11 is 0. The minimum Gasteiger partial charge on any atom is -0.436 e. The summed E-state index contributed by atoms with van der Waals surface area (Å²) in [7, 11) is 0. The molecule has 0 saturated carbocycles. The van der Waals surface area contributed by atoms with E-state index in [1.54, 1.807) is 12.3 Å². The minimum atomic E-state index is -0.750. The monoisotopic (exact) mass is 264 g/mol. The fourth-order valence-electron chi connectivity index (χ4n) is 1.57. The molecule has 0 saturated heterocycles. The Bertz CT molecular complexity index is 561. The molecule has 1 N–H and O–H groups in total. The lowest BCUT2D eigenvalue weighted by Crippen LogP contribution is -2.12. The van der Waals surface area contributed by atoms with Crippen LogP contribution in [0.5, 0.6) is 11.6 Å². The number of aromatic nitrogens is 1. The van der Waals surface area contributed by atoms with Gasteiger partial charge < -0.3 is 10.1 Å². The zero-order chi connectivity index (χ0) is 13.7. The predicted octanol–water partition coefficient (Wildman–Crippen LogP) is 3.26. The molecule has 0 bridgehead atoms. The molecular weight excluding hydrogens is 250 g/mol. The number of hydrogen-bond donors (Lipinski definition) is 1. The van der Waals surface area contributed by atoms with E-state index in [1.165, 1.54) is 6.07 Å². The van der Waals surface area contributed by atoms with Crippen molar-refractivity contribution in [2.75, 3.05) is 6.54 Å². The van der Waals surface area contributed by atoms with Crippen LogP contribution in [-0.4, -0.2) is 11.5 Å². The quantitative estimate of drug-likeness (QED) is 0.900. The van der Waals surface area contributed by atoms with E-state index in [0.717, 1.165) is 24.2 Å². The first-order valence-electron chi connectivity index (χ1n) is 5.98. The van der Waals surface area contributed by atoms with Gasteiger partial charge in [0, 0.05) is 24.4 Å². The Morgan fingerprint density at radius 3 is 2.84 bits per heavy atom. The Morgan fingerprint density at radius 2 is 2.11 bits per heavy atom. The van der Waals surface area contributed by atoms with Gasteiger partial charge in [-0.1, -0.05) is 13.0 Å². The number of ether oxygens (including phenoxy) is 1. The second kappa shape index (κ2) is 6.24. The highest BCUT2D eigenvalue weighted by Crippen LogP contribution is 2.25. The first-order valence-corrected chi connectivity index (χ1v) is 5.98. The summed E-state index contributed by atoms with van der Waals surface area (Å²) in [5.41, 5.74) is 0.813. The van der Waals surface area contributed by atoms with Gasteiger partial charge in [-0.3, -0.25) is 0 Å².